The molecule has 0 radical (unpaired) electrons. The molecule has 0 unspecified atom stereocenters. The lowest BCUT2D eigenvalue weighted by Crippen LogP contribution is -2.39. The maximum atomic E-state index is 12.6. The predicted octanol–water partition coefficient (Wildman–Crippen LogP) is 2.01. The second-order valence-corrected chi connectivity index (χ2v) is 4.23. The van der Waals surface area contributed by atoms with Crippen LogP contribution in [0.3, 0.4) is 0 Å². The summed E-state index contributed by atoms with van der Waals surface area (Å²) >= 11 is 0. The van der Waals surface area contributed by atoms with Crippen molar-refractivity contribution in [3.63, 3.8) is 0 Å². The van der Waals surface area contributed by atoms with Gasteiger partial charge in [0.15, 0.2) is 0 Å². The highest BCUT2D eigenvalue weighted by Gasteiger charge is 2.16. The van der Waals surface area contributed by atoms with E-state index in [1.807, 2.05) is 0 Å². The van der Waals surface area contributed by atoms with Crippen molar-refractivity contribution in [2.45, 2.75) is 12.8 Å². The van der Waals surface area contributed by atoms with Crippen LogP contribution in [-0.2, 0) is 0 Å². The van der Waals surface area contributed by atoms with E-state index < -0.39 is 0 Å². The maximum Gasteiger partial charge on any atom is 0.317 e. The van der Waals surface area contributed by atoms with E-state index in [-0.39, 0.29) is 11.8 Å². The summed E-state index contributed by atoms with van der Waals surface area (Å²) in [5.41, 5.74) is 0. The molecule has 4 nitrogen and oxygen atoms in total. The number of nitrogens with one attached hydrogen (secondary N) is 1. The maximum absolute atomic E-state index is 12.6. The van der Waals surface area contributed by atoms with E-state index in [4.69, 9.17) is 4.74 Å². The summed E-state index contributed by atoms with van der Waals surface area (Å²) in [7, 11) is 0. The van der Waals surface area contributed by atoms with Gasteiger partial charge in [0.05, 0.1) is 6.54 Å². The van der Waals surface area contributed by atoms with E-state index in [0.29, 0.717) is 18.9 Å². The van der Waals surface area contributed by atoms with Crippen LogP contribution < -0.4 is 10.1 Å². The molecule has 1 fully saturated rings. The number of rotatable bonds is 4. The monoisotopic (exact) mass is 252 g/mol. The molecule has 0 atom stereocenters. The van der Waals surface area contributed by atoms with Gasteiger partial charge in [-0.05, 0) is 37.1 Å². The van der Waals surface area contributed by atoms with Crippen molar-refractivity contribution in [3.8, 4) is 5.75 Å². The van der Waals surface area contributed by atoms with Gasteiger partial charge in [0.1, 0.15) is 18.2 Å². The number of amides is 2. The molecule has 18 heavy (non-hydrogen) atoms. The Morgan fingerprint density at radius 1 is 1.28 bits per heavy atom. The molecular formula is C13H17FN2O2. The van der Waals surface area contributed by atoms with Crippen LogP contribution >= 0.6 is 0 Å². The summed E-state index contributed by atoms with van der Waals surface area (Å²) in [5.74, 6) is 0.316. The Labute approximate surface area is 106 Å². The molecule has 1 N–H and O–H groups in total. The first-order valence-corrected chi connectivity index (χ1v) is 6.17. The lowest BCUT2D eigenvalue weighted by molar-refractivity contribution is 0.205. The number of benzene rings is 1. The number of hydrogen-bond donors (Lipinski definition) is 1. The molecule has 0 bridgehead atoms. The number of urea groups is 1. The van der Waals surface area contributed by atoms with E-state index in [9.17, 15) is 9.18 Å². The van der Waals surface area contributed by atoms with Gasteiger partial charge >= 0.3 is 6.03 Å². The summed E-state index contributed by atoms with van der Waals surface area (Å²) in [6.07, 6.45) is 2.17. The van der Waals surface area contributed by atoms with Crippen molar-refractivity contribution in [1.82, 2.24) is 10.2 Å². The summed E-state index contributed by atoms with van der Waals surface area (Å²) in [5, 5.41) is 2.79. The van der Waals surface area contributed by atoms with Crippen molar-refractivity contribution in [3.05, 3.63) is 30.1 Å². The van der Waals surface area contributed by atoms with Gasteiger partial charge in [0.25, 0.3) is 0 Å². The van der Waals surface area contributed by atoms with E-state index >= 15 is 0 Å². The smallest absolute Gasteiger partial charge is 0.317 e. The van der Waals surface area contributed by atoms with E-state index in [2.05, 4.69) is 5.32 Å². The van der Waals surface area contributed by atoms with Crippen molar-refractivity contribution < 1.29 is 13.9 Å². The number of ether oxygens (including phenoxy) is 1. The Hall–Kier alpha value is -1.78. The fraction of sp³-hybridized carbons (Fsp3) is 0.462. The summed E-state index contributed by atoms with van der Waals surface area (Å²) in [6.45, 7) is 2.51. The topological polar surface area (TPSA) is 41.6 Å². The largest absolute Gasteiger partial charge is 0.492 e. The lowest BCUT2D eigenvalue weighted by atomic mass is 10.3. The van der Waals surface area contributed by atoms with Crippen molar-refractivity contribution in [2.75, 3.05) is 26.2 Å². The molecule has 5 heteroatoms. The van der Waals surface area contributed by atoms with Gasteiger partial charge in [0, 0.05) is 13.1 Å². The minimum Gasteiger partial charge on any atom is -0.492 e. The molecule has 1 aliphatic rings. The second-order valence-electron chi connectivity index (χ2n) is 4.23. The van der Waals surface area contributed by atoms with E-state index in [0.717, 1.165) is 25.9 Å². The Bertz CT molecular complexity index is 388. The van der Waals surface area contributed by atoms with Gasteiger partial charge in [-0.25, -0.2) is 9.18 Å². The van der Waals surface area contributed by atoms with Gasteiger partial charge in [-0.15, -0.1) is 0 Å². The van der Waals surface area contributed by atoms with Crippen molar-refractivity contribution in [1.29, 1.82) is 0 Å². The molecule has 0 aromatic heterocycles. The van der Waals surface area contributed by atoms with Gasteiger partial charge < -0.3 is 15.0 Å². The molecule has 1 aromatic carbocycles. The zero-order valence-electron chi connectivity index (χ0n) is 10.2. The second kappa shape index (κ2) is 6.23. The summed E-state index contributed by atoms with van der Waals surface area (Å²) < 4.78 is 18.0. The first kappa shape index (κ1) is 12.7. The summed E-state index contributed by atoms with van der Waals surface area (Å²) in [6, 6.07) is 5.79. The molecular weight excluding hydrogens is 235 g/mol. The van der Waals surface area contributed by atoms with Gasteiger partial charge in [-0.3, -0.25) is 0 Å². The number of nitrogens with zero attached hydrogens (tertiary/aromatic N) is 1. The third kappa shape index (κ3) is 3.61. The SMILES string of the molecule is O=C(NCCOc1ccc(F)cc1)N1CCCC1. The fourth-order valence-electron chi connectivity index (χ4n) is 1.89. The van der Waals surface area contributed by atoms with E-state index in [1.54, 1.807) is 17.0 Å². The normalized spacial score (nSPS) is 14.6. The highest BCUT2D eigenvalue weighted by atomic mass is 19.1. The molecule has 2 rings (SSSR count). The average molecular weight is 252 g/mol. The number of likely N-dealkylation sites (tertiary alicyclic amines) is 1. The zero-order valence-corrected chi connectivity index (χ0v) is 10.2. The number of carbonyl (C=O) groups is 1. The van der Waals surface area contributed by atoms with Gasteiger partial charge in [-0.1, -0.05) is 0 Å². The molecule has 0 spiro atoms. The number of carbonyl (C=O) groups excluding carboxylic acids is 1. The highest BCUT2D eigenvalue weighted by Crippen LogP contribution is 2.10. The summed E-state index contributed by atoms with van der Waals surface area (Å²) in [4.78, 5) is 13.4. The fourth-order valence-corrected chi connectivity index (χ4v) is 1.89. The number of halogens is 1. The molecule has 0 aliphatic carbocycles. The molecule has 2 amide bonds. The van der Waals surface area contributed by atoms with Crippen LogP contribution in [-0.4, -0.2) is 37.2 Å². The van der Waals surface area contributed by atoms with Crippen LogP contribution in [0.2, 0.25) is 0 Å². The Kier molecular flexibility index (Phi) is 4.39. The van der Waals surface area contributed by atoms with Gasteiger partial charge in [0.2, 0.25) is 0 Å². The van der Waals surface area contributed by atoms with Crippen molar-refractivity contribution >= 4 is 6.03 Å². The molecule has 1 aromatic rings. The standard InChI is InChI=1S/C13H17FN2O2/c14-11-3-5-12(6-4-11)18-10-7-15-13(17)16-8-1-2-9-16/h3-6H,1-2,7-10H2,(H,15,17). The Morgan fingerprint density at radius 3 is 2.61 bits per heavy atom. The first-order chi connectivity index (χ1) is 8.75. The predicted molar refractivity (Wildman–Crippen MR) is 66.1 cm³/mol. The molecule has 98 valence electrons. The quantitative estimate of drug-likeness (QED) is 0.833. The van der Waals surface area contributed by atoms with Crippen LogP contribution in [0.25, 0.3) is 0 Å². The third-order valence-electron chi connectivity index (χ3n) is 2.85. The minimum atomic E-state index is -0.287. The van der Waals surface area contributed by atoms with Gasteiger partial charge in [-0.2, -0.15) is 0 Å². The molecule has 0 saturated carbocycles. The molecule has 1 saturated heterocycles. The van der Waals surface area contributed by atoms with Crippen LogP contribution in [0, 0.1) is 5.82 Å². The lowest BCUT2D eigenvalue weighted by Gasteiger charge is -2.16. The molecule has 1 heterocycles. The highest BCUT2D eigenvalue weighted by molar-refractivity contribution is 5.74. The van der Waals surface area contributed by atoms with Crippen LogP contribution in [0.1, 0.15) is 12.8 Å². The van der Waals surface area contributed by atoms with Crippen LogP contribution in [0.15, 0.2) is 24.3 Å². The van der Waals surface area contributed by atoms with Crippen LogP contribution in [0.5, 0.6) is 5.75 Å². The van der Waals surface area contributed by atoms with E-state index in [1.165, 1.54) is 12.1 Å². The third-order valence-corrected chi connectivity index (χ3v) is 2.85. The number of hydrogen-bond acceptors (Lipinski definition) is 2. The van der Waals surface area contributed by atoms with Crippen molar-refractivity contribution in [2.24, 2.45) is 0 Å². The Balaban J connectivity index is 1.63. The first-order valence-electron chi connectivity index (χ1n) is 6.17. The Morgan fingerprint density at radius 2 is 1.94 bits per heavy atom. The van der Waals surface area contributed by atoms with Crippen LogP contribution in [0.4, 0.5) is 9.18 Å². The minimum absolute atomic E-state index is 0.0322. The average Bonchev–Trinajstić information content (AvgIpc) is 2.90. The molecule has 1 aliphatic heterocycles. The zero-order chi connectivity index (χ0) is 12.8.